The third-order valence-electron chi connectivity index (χ3n) is 6.11. The van der Waals surface area contributed by atoms with Gasteiger partial charge in [-0.1, -0.05) is 57.7 Å². The maximum atomic E-state index is 13.0. The fraction of sp³-hybridized carbons (Fsp3) is 0.500. The molecule has 2 aromatic carbocycles. The molecule has 9 heteroatoms. The molecular weight excluding hydrogens is 479 g/mol. The molecule has 1 aliphatic carbocycles. The van der Waals surface area contributed by atoms with E-state index in [-0.39, 0.29) is 17.6 Å². The van der Waals surface area contributed by atoms with E-state index in [9.17, 15) is 26.4 Å². The summed E-state index contributed by atoms with van der Waals surface area (Å²) in [5.41, 5.74) is -0.395. The smallest absolute Gasteiger partial charge is 0.379 e. The molecule has 1 saturated carbocycles. The number of halogens is 3. The van der Waals surface area contributed by atoms with Crippen molar-refractivity contribution < 1.29 is 30.6 Å². The average molecular weight is 512 g/mol. The molecule has 0 saturated heterocycles. The van der Waals surface area contributed by atoms with Crippen molar-refractivity contribution in [3.63, 3.8) is 0 Å². The van der Waals surface area contributed by atoms with E-state index in [4.69, 9.17) is 4.18 Å². The number of carbonyl (C=O) groups excluding carboxylic acids is 1. The highest BCUT2D eigenvalue weighted by atomic mass is 32.2. The first kappa shape index (κ1) is 27.0. The molecule has 0 spiro atoms. The van der Waals surface area contributed by atoms with E-state index in [0.717, 1.165) is 24.6 Å². The molecule has 0 heterocycles. The highest BCUT2D eigenvalue weighted by Crippen LogP contribution is 2.31. The highest BCUT2D eigenvalue weighted by Gasteiger charge is 2.32. The zero-order chi connectivity index (χ0) is 25.6. The number of alkyl halides is 3. The van der Waals surface area contributed by atoms with Gasteiger partial charge in [0.2, 0.25) is 5.91 Å². The van der Waals surface area contributed by atoms with E-state index < -0.39 is 26.8 Å². The van der Waals surface area contributed by atoms with Gasteiger partial charge >= 0.3 is 16.3 Å². The fourth-order valence-electron chi connectivity index (χ4n) is 4.40. The summed E-state index contributed by atoms with van der Waals surface area (Å²) in [5.74, 6) is 0.903. The van der Waals surface area contributed by atoms with Crippen LogP contribution in [0.4, 0.5) is 13.2 Å². The Bertz CT molecular complexity index is 1110. The zero-order valence-corrected chi connectivity index (χ0v) is 20.9. The Balaban J connectivity index is 1.72. The molecule has 5 nitrogen and oxygen atoms in total. The number of rotatable bonds is 10. The quantitative estimate of drug-likeness (QED) is 0.345. The van der Waals surface area contributed by atoms with E-state index in [1.165, 1.54) is 37.8 Å². The molecule has 0 radical (unpaired) electrons. The second-order valence-corrected chi connectivity index (χ2v) is 11.1. The molecule has 0 unspecified atom stereocenters. The molecule has 2 aromatic rings. The predicted molar refractivity (Wildman–Crippen MR) is 127 cm³/mol. The van der Waals surface area contributed by atoms with Crippen LogP contribution in [0.25, 0.3) is 0 Å². The number of nitrogens with zero attached hydrogens (tertiary/aromatic N) is 1. The van der Waals surface area contributed by atoms with Crippen molar-refractivity contribution in [2.75, 3.05) is 6.54 Å². The van der Waals surface area contributed by atoms with Gasteiger partial charge < -0.3 is 9.08 Å². The second kappa shape index (κ2) is 11.5. The van der Waals surface area contributed by atoms with Crippen LogP contribution < -0.4 is 4.18 Å². The van der Waals surface area contributed by atoms with Gasteiger partial charge in [-0.25, -0.2) is 0 Å². The summed E-state index contributed by atoms with van der Waals surface area (Å²) in [4.78, 5) is 14.2. The highest BCUT2D eigenvalue weighted by molar-refractivity contribution is 7.87. The number of carbonyl (C=O) groups is 1. The molecule has 192 valence electrons. The standard InChI is InChI=1S/C26H32F3NO4S/c1-19(2)17-30(25(31)14-13-20-7-3-4-8-20)18-21-9-5-11-23(15-21)34-35(32,33)24-12-6-10-22(16-24)26(27,28)29/h5-6,9-12,15-16,19-20H,3-4,7-8,13-14,17-18H2,1-2H3. The van der Waals surface area contributed by atoms with Gasteiger partial charge in [0.15, 0.2) is 0 Å². The van der Waals surface area contributed by atoms with Crippen LogP contribution in [-0.4, -0.2) is 25.8 Å². The van der Waals surface area contributed by atoms with Crippen LogP contribution >= 0.6 is 0 Å². The van der Waals surface area contributed by atoms with Crippen LogP contribution in [0.5, 0.6) is 5.75 Å². The Morgan fingerprint density at radius 2 is 1.77 bits per heavy atom. The molecular formula is C26H32F3NO4S. The normalized spacial score (nSPS) is 14.9. The number of benzene rings is 2. The van der Waals surface area contributed by atoms with Crippen LogP contribution in [0, 0.1) is 11.8 Å². The van der Waals surface area contributed by atoms with Crippen molar-refractivity contribution >= 4 is 16.0 Å². The lowest BCUT2D eigenvalue weighted by molar-refractivity contribution is -0.137. The van der Waals surface area contributed by atoms with Gasteiger partial charge in [0.1, 0.15) is 10.6 Å². The summed E-state index contributed by atoms with van der Waals surface area (Å²) in [7, 11) is -4.48. The molecule has 1 fully saturated rings. The van der Waals surface area contributed by atoms with Gasteiger partial charge in [0, 0.05) is 19.5 Å². The van der Waals surface area contributed by atoms with E-state index in [2.05, 4.69) is 0 Å². The summed E-state index contributed by atoms with van der Waals surface area (Å²) in [5, 5.41) is 0. The lowest BCUT2D eigenvalue weighted by atomic mass is 10.0. The van der Waals surface area contributed by atoms with Gasteiger partial charge in [0.05, 0.1) is 5.56 Å². The van der Waals surface area contributed by atoms with E-state index >= 15 is 0 Å². The molecule has 0 atom stereocenters. The number of hydrogen-bond acceptors (Lipinski definition) is 4. The maximum Gasteiger partial charge on any atom is 0.416 e. The molecule has 0 aliphatic heterocycles. The van der Waals surface area contributed by atoms with E-state index in [0.29, 0.717) is 37.1 Å². The summed E-state index contributed by atoms with van der Waals surface area (Å²) >= 11 is 0. The van der Waals surface area contributed by atoms with Crippen LogP contribution in [0.3, 0.4) is 0 Å². The Kier molecular flexibility index (Phi) is 8.85. The monoisotopic (exact) mass is 511 g/mol. The Hall–Kier alpha value is -2.55. The lowest BCUT2D eigenvalue weighted by Gasteiger charge is -2.25. The minimum Gasteiger partial charge on any atom is -0.379 e. The van der Waals surface area contributed by atoms with E-state index in [1.54, 1.807) is 17.0 Å². The van der Waals surface area contributed by atoms with Crippen molar-refractivity contribution in [1.82, 2.24) is 4.90 Å². The summed E-state index contributed by atoms with van der Waals surface area (Å²) in [6, 6.07) is 9.72. The first-order valence-corrected chi connectivity index (χ1v) is 13.3. The van der Waals surface area contributed by atoms with Crippen LogP contribution in [-0.2, 0) is 27.6 Å². The molecule has 35 heavy (non-hydrogen) atoms. The fourth-order valence-corrected chi connectivity index (χ4v) is 5.37. The number of hydrogen-bond donors (Lipinski definition) is 0. The molecule has 0 bridgehead atoms. The topological polar surface area (TPSA) is 63.7 Å². The molecule has 1 aliphatic rings. The van der Waals surface area contributed by atoms with Crippen LogP contribution in [0.1, 0.15) is 63.5 Å². The van der Waals surface area contributed by atoms with Gasteiger partial charge in [-0.2, -0.15) is 21.6 Å². The lowest BCUT2D eigenvalue weighted by Crippen LogP contribution is -2.33. The maximum absolute atomic E-state index is 13.0. The average Bonchev–Trinajstić information content (AvgIpc) is 3.30. The van der Waals surface area contributed by atoms with Crippen LogP contribution in [0.15, 0.2) is 53.4 Å². The minimum absolute atomic E-state index is 0.0252. The second-order valence-electron chi connectivity index (χ2n) is 9.57. The molecule has 1 amide bonds. The van der Waals surface area contributed by atoms with Crippen molar-refractivity contribution in [3.8, 4) is 5.75 Å². The summed E-state index contributed by atoms with van der Waals surface area (Å²) in [6.07, 6.45) is 1.50. The Morgan fingerprint density at radius 1 is 1.09 bits per heavy atom. The van der Waals surface area contributed by atoms with Crippen LogP contribution in [0.2, 0.25) is 0 Å². The first-order valence-electron chi connectivity index (χ1n) is 11.9. The zero-order valence-electron chi connectivity index (χ0n) is 20.1. The Labute approximate surface area is 205 Å². The van der Waals surface area contributed by atoms with Crippen molar-refractivity contribution in [2.45, 2.75) is 70.0 Å². The van der Waals surface area contributed by atoms with E-state index in [1.807, 2.05) is 13.8 Å². The third kappa shape index (κ3) is 7.98. The van der Waals surface area contributed by atoms with Crippen molar-refractivity contribution in [3.05, 3.63) is 59.7 Å². The SMILES string of the molecule is CC(C)CN(Cc1cccc(OS(=O)(=O)c2cccc(C(F)(F)F)c2)c1)C(=O)CCC1CCCC1. The van der Waals surface area contributed by atoms with Gasteiger partial charge in [-0.3, -0.25) is 4.79 Å². The third-order valence-corrected chi connectivity index (χ3v) is 7.35. The molecule has 0 N–H and O–H groups in total. The predicted octanol–water partition coefficient (Wildman–Crippen LogP) is 6.43. The number of amides is 1. The van der Waals surface area contributed by atoms with Gasteiger partial charge in [-0.05, 0) is 54.2 Å². The summed E-state index contributed by atoms with van der Waals surface area (Å²) < 4.78 is 69.3. The first-order chi connectivity index (χ1) is 16.4. The summed E-state index contributed by atoms with van der Waals surface area (Å²) in [6.45, 7) is 4.91. The Morgan fingerprint density at radius 3 is 2.43 bits per heavy atom. The van der Waals surface area contributed by atoms with Crippen molar-refractivity contribution in [2.24, 2.45) is 11.8 Å². The van der Waals surface area contributed by atoms with Gasteiger partial charge in [0.25, 0.3) is 0 Å². The largest absolute Gasteiger partial charge is 0.416 e. The molecule has 3 rings (SSSR count). The van der Waals surface area contributed by atoms with Crippen molar-refractivity contribution in [1.29, 1.82) is 0 Å². The minimum atomic E-state index is -4.67. The van der Waals surface area contributed by atoms with Gasteiger partial charge in [-0.15, -0.1) is 0 Å². The molecule has 0 aromatic heterocycles.